The van der Waals surface area contributed by atoms with Crippen LogP contribution in [0.5, 0.6) is 0 Å². The normalized spacial score (nSPS) is 16.9. The summed E-state index contributed by atoms with van der Waals surface area (Å²) >= 11 is 0. The van der Waals surface area contributed by atoms with Crippen molar-refractivity contribution < 1.29 is 13.5 Å². The third kappa shape index (κ3) is 3.82. The summed E-state index contributed by atoms with van der Waals surface area (Å²) in [7, 11) is 1.75. The standard InChI is InChI=1S/C24H22F2N4O/c1-31-19-8-11-29(15-19)13-16-2-5-22-23(17-6-9-27-10-7-17)24(28-30(22)14-16)18-3-4-20(25)21(26)12-18/h2-7,9-10,12,14,19H,8,11,13,15H2,1H3. The van der Waals surface area contributed by atoms with Crippen molar-refractivity contribution in [1.82, 2.24) is 19.5 Å². The fraction of sp³-hybridized carbons (Fsp3) is 0.250. The highest BCUT2D eigenvalue weighted by Gasteiger charge is 2.23. The Morgan fingerprint density at radius 1 is 1.03 bits per heavy atom. The van der Waals surface area contributed by atoms with E-state index in [0.29, 0.717) is 11.3 Å². The van der Waals surface area contributed by atoms with Crippen LogP contribution in [-0.2, 0) is 11.3 Å². The number of pyridine rings is 2. The van der Waals surface area contributed by atoms with Crippen molar-refractivity contribution in [2.45, 2.75) is 19.1 Å². The van der Waals surface area contributed by atoms with Gasteiger partial charge in [-0.05, 0) is 53.9 Å². The Hall–Kier alpha value is -3.16. The van der Waals surface area contributed by atoms with Gasteiger partial charge in [0.15, 0.2) is 11.6 Å². The van der Waals surface area contributed by atoms with E-state index in [1.54, 1.807) is 25.6 Å². The van der Waals surface area contributed by atoms with Crippen LogP contribution >= 0.6 is 0 Å². The molecule has 4 heterocycles. The second-order valence-electron chi connectivity index (χ2n) is 7.84. The van der Waals surface area contributed by atoms with Crippen molar-refractivity contribution in [2.24, 2.45) is 0 Å². The number of likely N-dealkylation sites (tertiary alicyclic amines) is 1. The number of ether oxygens (including phenoxy) is 1. The number of hydrogen-bond donors (Lipinski definition) is 0. The number of methoxy groups -OCH3 is 1. The highest BCUT2D eigenvalue weighted by atomic mass is 19.2. The van der Waals surface area contributed by atoms with Crippen LogP contribution in [0.2, 0.25) is 0 Å². The van der Waals surface area contributed by atoms with E-state index in [4.69, 9.17) is 9.84 Å². The minimum Gasteiger partial charge on any atom is -0.380 e. The summed E-state index contributed by atoms with van der Waals surface area (Å²) in [5.41, 5.74) is 4.93. The summed E-state index contributed by atoms with van der Waals surface area (Å²) < 4.78 is 34.8. The first kappa shape index (κ1) is 19.8. The molecule has 1 unspecified atom stereocenters. The van der Waals surface area contributed by atoms with E-state index >= 15 is 0 Å². The summed E-state index contributed by atoms with van der Waals surface area (Å²) in [6.07, 6.45) is 6.74. The quantitative estimate of drug-likeness (QED) is 0.475. The number of nitrogens with zero attached hydrogens (tertiary/aromatic N) is 4. The van der Waals surface area contributed by atoms with Crippen LogP contribution in [0.4, 0.5) is 8.78 Å². The van der Waals surface area contributed by atoms with Gasteiger partial charge >= 0.3 is 0 Å². The molecular formula is C24H22F2N4O. The number of halogens is 2. The summed E-state index contributed by atoms with van der Waals surface area (Å²) in [5, 5.41) is 4.76. The molecule has 0 aliphatic carbocycles. The Kier molecular flexibility index (Phi) is 5.21. The molecule has 0 N–H and O–H groups in total. The molecule has 1 aliphatic heterocycles. The molecule has 4 aromatic rings. The molecule has 1 saturated heterocycles. The van der Waals surface area contributed by atoms with Gasteiger partial charge in [0.2, 0.25) is 0 Å². The van der Waals surface area contributed by atoms with Crippen LogP contribution in [0.3, 0.4) is 0 Å². The smallest absolute Gasteiger partial charge is 0.159 e. The van der Waals surface area contributed by atoms with Crippen molar-refractivity contribution in [3.63, 3.8) is 0 Å². The van der Waals surface area contributed by atoms with Gasteiger partial charge in [-0.25, -0.2) is 13.3 Å². The first-order valence-electron chi connectivity index (χ1n) is 10.2. The minimum absolute atomic E-state index is 0.284. The van der Waals surface area contributed by atoms with Crippen LogP contribution < -0.4 is 0 Å². The Morgan fingerprint density at radius 3 is 2.61 bits per heavy atom. The molecule has 0 amide bonds. The van der Waals surface area contributed by atoms with Crippen molar-refractivity contribution >= 4 is 5.52 Å². The number of benzene rings is 1. The molecule has 5 rings (SSSR count). The average molecular weight is 420 g/mol. The number of hydrogen-bond acceptors (Lipinski definition) is 4. The van der Waals surface area contributed by atoms with Crippen LogP contribution in [0.15, 0.2) is 61.1 Å². The maximum atomic E-state index is 14.0. The van der Waals surface area contributed by atoms with Crippen molar-refractivity contribution in [2.75, 3.05) is 20.2 Å². The Bertz CT molecular complexity index is 1230. The zero-order valence-electron chi connectivity index (χ0n) is 17.1. The lowest BCUT2D eigenvalue weighted by molar-refractivity contribution is 0.107. The zero-order valence-corrected chi connectivity index (χ0v) is 17.1. The monoisotopic (exact) mass is 420 g/mol. The molecule has 1 atom stereocenters. The van der Waals surface area contributed by atoms with Gasteiger partial charge in [-0.2, -0.15) is 5.10 Å². The molecule has 31 heavy (non-hydrogen) atoms. The van der Waals surface area contributed by atoms with E-state index in [1.165, 1.54) is 6.07 Å². The largest absolute Gasteiger partial charge is 0.380 e. The lowest BCUT2D eigenvalue weighted by Gasteiger charge is -2.15. The summed E-state index contributed by atoms with van der Waals surface area (Å²) in [4.78, 5) is 6.46. The van der Waals surface area contributed by atoms with E-state index in [1.807, 2.05) is 28.9 Å². The Labute approximate surface area is 178 Å². The predicted octanol–water partition coefficient (Wildman–Crippen LogP) is 4.56. The molecule has 1 fully saturated rings. The molecule has 5 nitrogen and oxygen atoms in total. The molecule has 3 aromatic heterocycles. The maximum absolute atomic E-state index is 14.0. The molecule has 0 bridgehead atoms. The van der Waals surface area contributed by atoms with E-state index in [-0.39, 0.29) is 6.10 Å². The molecule has 7 heteroatoms. The summed E-state index contributed by atoms with van der Waals surface area (Å²) in [6, 6.07) is 11.8. The van der Waals surface area contributed by atoms with Crippen molar-refractivity contribution in [3.8, 4) is 22.4 Å². The van der Waals surface area contributed by atoms with E-state index < -0.39 is 11.6 Å². The lowest BCUT2D eigenvalue weighted by Crippen LogP contribution is -2.22. The van der Waals surface area contributed by atoms with Crippen LogP contribution in [-0.4, -0.2) is 45.8 Å². The van der Waals surface area contributed by atoms with E-state index in [2.05, 4.69) is 16.0 Å². The zero-order chi connectivity index (χ0) is 21.4. The highest BCUT2D eigenvalue weighted by molar-refractivity contribution is 5.92. The fourth-order valence-corrected chi connectivity index (χ4v) is 4.23. The Morgan fingerprint density at radius 2 is 1.87 bits per heavy atom. The minimum atomic E-state index is -0.891. The number of rotatable bonds is 5. The number of fused-ring (bicyclic) bond motifs is 1. The van der Waals surface area contributed by atoms with Crippen molar-refractivity contribution in [1.29, 1.82) is 0 Å². The first-order valence-corrected chi connectivity index (χ1v) is 10.2. The third-order valence-corrected chi connectivity index (χ3v) is 5.82. The van der Waals surface area contributed by atoms with Crippen LogP contribution in [0.25, 0.3) is 27.9 Å². The number of aromatic nitrogens is 3. The van der Waals surface area contributed by atoms with Gasteiger partial charge < -0.3 is 4.74 Å². The molecule has 158 valence electrons. The van der Waals surface area contributed by atoms with Gasteiger partial charge in [-0.15, -0.1) is 0 Å². The Balaban J connectivity index is 1.59. The van der Waals surface area contributed by atoms with Gasteiger partial charge in [0.05, 0.1) is 11.6 Å². The topological polar surface area (TPSA) is 42.7 Å². The summed E-state index contributed by atoms with van der Waals surface area (Å²) in [6.45, 7) is 2.72. The molecule has 1 aliphatic rings. The maximum Gasteiger partial charge on any atom is 0.159 e. The highest BCUT2D eigenvalue weighted by Crippen LogP contribution is 2.35. The second kappa shape index (κ2) is 8.17. The second-order valence-corrected chi connectivity index (χ2v) is 7.84. The van der Waals surface area contributed by atoms with Gasteiger partial charge in [0, 0.05) is 56.5 Å². The van der Waals surface area contributed by atoms with Crippen LogP contribution in [0, 0.1) is 11.6 Å². The third-order valence-electron chi connectivity index (χ3n) is 5.82. The van der Waals surface area contributed by atoms with Crippen LogP contribution in [0.1, 0.15) is 12.0 Å². The molecular weight excluding hydrogens is 398 g/mol. The SMILES string of the molecule is COC1CCN(Cc2ccc3c(-c4ccncc4)c(-c4ccc(F)c(F)c4)nn3c2)C1. The van der Waals surface area contributed by atoms with E-state index in [9.17, 15) is 8.78 Å². The van der Waals surface area contributed by atoms with Gasteiger partial charge in [-0.3, -0.25) is 9.88 Å². The van der Waals surface area contributed by atoms with Gasteiger partial charge in [-0.1, -0.05) is 6.07 Å². The van der Waals surface area contributed by atoms with E-state index in [0.717, 1.165) is 54.3 Å². The first-order chi connectivity index (χ1) is 15.1. The average Bonchev–Trinajstić information content (AvgIpc) is 3.40. The molecule has 0 saturated carbocycles. The van der Waals surface area contributed by atoms with Crippen molar-refractivity contribution in [3.05, 3.63) is 78.3 Å². The summed E-state index contributed by atoms with van der Waals surface area (Å²) in [5.74, 6) is -1.77. The lowest BCUT2D eigenvalue weighted by atomic mass is 10.0. The molecule has 0 spiro atoms. The molecule has 1 aromatic carbocycles. The molecule has 0 radical (unpaired) electrons. The van der Waals surface area contributed by atoms with Gasteiger partial charge in [0.1, 0.15) is 5.69 Å². The fourth-order valence-electron chi connectivity index (χ4n) is 4.23. The predicted molar refractivity (Wildman–Crippen MR) is 114 cm³/mol. The van der Waals surface area contributed by atoms with Gasteiger partial charge in [0.25, 0.3) is 0 Å².